The number of aryl methyl sites for hydroxylation is 1. The largest absolute Gasteiger partial charge is 0.426 e. The Labute approximate surface area is 180 Å². The van der Waals surface area contributed by atoms with Crippen LogP contribution in [-0.4, -0.2) is 30.2 Å². The third kappa shape index (κ3) is 4.08. The van der Waals surface area contributed by atoms with E-state index in [1.54, 1.807) is 23.1 Å². The summed E-state index contributed by atoms with van der Waals surface area (Å²) in [6.45, 7) is 4.19. The summed E-state index contributed by atoms with van der Waals surface area (Å²) in [5, 5.41) is 0. The summed E-state index contributed by atoms with van der Waals surface area (Å²) in [6.07, 6.45) is 1.26. The Morgan fingerprint density at radius 1 is 0.968 bits per heavy atom. The fourth-order valence-corrected chi connectivity index (χ4v) is 4.05. The summed E-state index contributed by atoms with van der Waals surface area (Å²) in [7, 11) is 0. The molecule has 31 heavy (non-hydrogen) atoms. The van der Waals surface area contributed by atoms with Gasteiger partial charge in [0.15, 0.2) is 0 Å². The number of hydrogen-bond donors (Lipinski definition) is 0. The Hall–Kier alpha value is -3.48. The van der Waals surface area contributed by atoms with E-state index in [2.05, 4.69) is 0 Å². The number of anilines is 2. The van der Waals surface area contributed by atoms with Crippen LogP contribution in [0.3, 0.4) is 0 Å². The molecule has 2 aliphatic rings. The first-order valence-electron chi connectivity index (χ1n) is 10.4. The molecule has 2 fully saturated rings. The van der Waals surface area contributed by atoms with Crippen LogP contribution in [0.15, 0.2) is 42.5 Å². The van der Waals surface area contributed by atoms with E-state index < -0.39 is 11.9 Å². The number of nitrogens with zero attached hydrogens (tertiary/aromatic N) is 2. The minimum Gasteiger partial charge on any atom is -0.426 e. The molecule has 7 heteroatoms. The molecule has 0 aromatic heterocycles. The average molecular weight is 420 g/mol. The van der Waals surface area contributed by atoms with Gasteiger partial charge in [-0.15, -0.1) is 0 Å². The van der Waals surface area contributed by atoms with Gasteiger partial charge in [-0.2, -0.15) is 0 Å². The summed E-state index contributed by atoms with van der Waals surface area (Å²) >= 11 is 0. The summed E-state index contributed by atoms with van der Waals surface area (Å²) in [5.41, 5.74) is 3.28. The zero-order chi connectivity index (χ0) is 22.1. The smallest absolute Gasteiger partial charge is 0.316 e. The Balaban J connectivity index is 1.48. The SMILES string of the molecule is Cc1cccc(N2C[C@H](C(=O)Oc3cccc(N4C(=O)CCCC4=O)c3)CC2=O)c1C. The number of ether oxygens (including phenoxy) is 1. The van der Waals surface area contributed by atoms with Crippen LogP contribution in [0.2, 0.25) is 0 Å². The van der Waals surface area contributed by atoms with Crippen LogP contribution < -0.4 is 14.5 Å². The van der Waals surface area contributed by atoms with Gasteiger partial charge < -0.3 is 9.64 Å². The summed E-state index contributed by atoms with van der Waals surface area (Å²) in [6, 6.07) is 12.1. The molecule has 7 nitrogen and oxygen atoms in total. The van der Waals surface area contributed by atoms with Crippen molar-refractivity contribution < 1.29 is 23.9 Å². The van der Waals surface area contributed by atoms with Crippen LogP contribution in [0.25, 0.3) is 0 Å². The molecule has 2 aliphatic heterocycles. The number of esters is 1. The van der Waals surface area contributed by atoms with E-state index in [4.69, 9.17) is 4.74 Å². The lowest BCUT2D eigenvalue weighted by molar-refractivity contribution is -0.139. The normalized spacial score (nSPS) is 19.2. The van der Waals surface area contributed by atoms with Gasteiger partial charge in [0, 0.05) is 37.6 Å². The summed E-state index contributed by atoms with van der Waals surface area (Å²) in [5.74, 6) is -1.49. The van der Waals surface area contributed by atoms with Gasteiger partial charge in [0.25, 0.3) is 0 Å². The molecule has 2 aromatic carbocycles. The van der Waals surface area contributed by atoms with E-state index in [9.17, 15) is 19.2 Å². The molecule has 2 aromatic rings. The average Bonchev–Trinajstić information content (AvgIpc) is 3.12. The van der Waals surface area contributed by atoms with Crippen molar-refractivity contribution in [1.29, 1.82) is 0 Å². The Morgan fingerprint density at radius 3 is 2.42 bits per heavy atom. The lowest BCUT2D eigenvalue weighted by Crippen LogP contribution is -2.40. The highest BCUT2D eigenvalue weighted by atomic mass is 16.5. The van der Waals surface area contributed by atoms with Crippen molar-refractivity contribution in [1.82, 2.24) is 0 Å². The molecule has 0 aliphatic carbocycles. The predicted molar refractivity (Wildman–Crippen MR) is 115 cm³/mol. The third-order valence-corrected chi connectivity index (χ3v) is 5.90. The number of benzene rings is 2. The third-order valence-electron chi connectivity index (χ3n) is 5.90. The second-order valence-corrected chi connectivity index (χ2v) is 8.02. The molecule has 160 valence electrons. The minimum atomic E-state index is -0.589. The van der Waals surface area contributed by atoms with Gasteiger partial charge in [-0.25, -0.2) is 0 Å². The second kappa shape index (κ2) is 8.34. The van der Waals surface area contributed by atoms with Crippen LogP contribution in [0.4, 0.5) is 11.4 Å². The van der Waals surface area contributed by atoms with E-state index >= 15 is 0 Å². The number of hydrogen-bond acceptors (Lipinski definition) is 5. The summed E-state index contributed by atoms with van der Waals surface area (Å²) < 4.78 is 5.52. The highest BCUT2D eigenvalue weighted by Crippen LogP contribution is 2.31. The Morgan fingerprint density at radius 2 is 1.68 bits per heavy atom. The number of carbonyl (C=O) groups excluding carboxylic acids is 4. The topological polar surface area (TPSA) is 84.0 Å². The van der Waals surface area contributed by atoms with Gasteiger partial charge in [0.05, 0.1) is 11.6 Å². The van der Waals surface area contributed by atoms with E-state index in [0.29, 0.717) is 24.9 Å². The van der Waals surface area contributed by atoms with Crippen LogP contribution >= 0.6 is 0 Å². The number of piperidine rings is 1. The number of imide groups is 1. The van der Waals surface area contributed by atoms with Crippen molar-refractivity contribution in [2.24, 2.45) is 5.92 Å². The van der Waals surface area contributed by atoms with Crippen LogP contribution in [-0.2, 0) is 19.2 Å². The van der Waals surface area contributed by atoms with E-state index in [0.717, 1.165) is 21.7 Å². The first-order valence-corrected chi connectivity index (χ1v) is 10.4. The van der Waals surface area contributed by atoms with Gasteiger partial charge in [0.2, 0.25) is 17.7 Å². The van der Waals surface area contributed by atoms with Gasteiger partial charge in [-0.3, -0.25) is 24.1 Å². The van der Waals surface area contributed by atoms with Crippen LogP contribution in [0, 0.1) is 19.8 Å². The highest BCUT2D eigenvalue weighted by Gasteiger charge is 2.37. The lowest BCUT2D eigenvalue weighted by atomic mass is 10.1. The molecule has 0 saturated carbocycles. The van der Waals surface area contributed by atoms with Gasteiger partial charge in [0.1, 0.15) is 5.75 Å². The van der Waals surface area contributed by atoms with Crippen LogP contribution in [0.1, 0.15) is 36.8 Å². The quantitative estimate of drug-likeness (QED) is 0.431. The van der Waals surface area contributed by atoms with E-state index in [-0.39, 0.29) is 36.4 Å². The fourth-order valence-electron chi connectivity index (χ4n) is 4.05. The molecule has 4 rings (SSSR count). The van der Waals surface area contributed by atoms with Gasteiger partial charge in [-0.05, 0) is 49.6 Å². The minimum absolute atomic E-state index is 0.0784. The molecule has 0 spiro atoms. The fraction of sp³-hybridized carbons (Fsp3) is 0.333. The van der Waals surface area contributed by atoms with Crippen molar-refractivity contribution in [3.05, 3.63) is 53.6 Å². The maximum Gasteiger partial charge on any atom is 0.316 e. The lowest BCUT2D eigenvalue weighted by Gasteiger charge is -2.25. The molecule has 0 radical (unpaired) electrons. The van der Waals surface area contributed by atoms with Crippen molar-refractivity contribution in [2.45, 2.75) is 39.5 Å². The van der Waals surface area contributed by atoms with Crippen LogP contribution in [0.5, 0.6) is 5.75 Å². The molecule has 3 amide bonds. The van der Waals surface area contributed by atoms with Crippen molar-refractivity contribution >= 4 is 35.1 Å². The number of carbonyl (C=O) groups is 4. The predicted octanol–water partition coefficient (Wildman–Crippen LogP) is 3.31. The Bertz CT molecular complexity index is 1060. The number of rotatable bonds is 4. The highest BCUT2D eigenvalue weighted by molar-refractivity contribution is 6.16. The summed E-state index contributed by atoms with van der Waals surface area (Å²) in [4.78, 5) is 52.4. The van der Waals surface area contributed by atoms with Crippen molar-refractivity contribution in [3.63, 3.8) is 0 Å². The maximum absolute atomic E-state index is 12.8. The van der Waals surface area contributed by atoms with Gasteiger partial charge in [-0.1, -0.05) is 18.2 Å². The molecule has 2 heterocycles. The second-order valence-electron chi connectivity index (χ2n) is 8.02. The molecular weight excluding hydrogens is 396 g/mol. The van der Waals surface area contributed by atoms with Crippen molar-refractivity contribution in [2.75, 3.05) is 16.3 Å². The Kier molecular flexibility index (Phi) is 5.59. The molecule has 1 atom stereocenters. The molecule has 2 saturated heterocycles. The van der Waals surface area contributed by atoms with E-state index in [1.165, 1.54) is 6.07 Å². The first kappa shape index (κ1) is 20.8. The zero-order valence-corrected chi connectivity index (χ0v) is 17.6. The molecule has 0 unspecified atom stereocenters. The maximum atomic E-state index is 12.8. The standard InChI is InChI=1S/C24H24N2O5/c1-15-6-3-9-20(16(15)2)25-14-17(12-23(25)29)24(30)31-19-8-4-7-18(13-19)26-21(27)10-5-11-22(26)28/h3-4,6-9,13,17H,5,10-12,14H2,1-2H3/t17-/m1/s1. The molecule has 0 bridgehead atoms. The number of amides is 3. The molecule has 0 N–H and O–H groups in total. The van der Waals surface area contributed by atoms with E-state index in [1.807, 2.05) is 32.0 Å². The van der Waals surface area contributed by atoms with Gasteiger partial charge >= 0.3 is 5.97 Å². The van der Waals surface area contributed by atoms with Crippen molar-refractivity contribution in [3.8, 4) is 5.75 Å². The zero-order valence-electron chi connectivity index (χ0n) is 17.6. The first-order chi connectivity index (χ1) is 14.8. The monoisotopic (exact) mass is 420 g/mol. The molecular formula is C24H24N2O5.